The summed E-state index contributed by atoms with van der Waals surface area (Å²) < 4.78 is 12.4. The van der Waals surface area contributed by atoms with Gasteiger partial charge < -0.3 is 5.73 Å². The van der Waals surface area contributed by atoms with Gasteiger partial charge in [0.15, 0.2) is 0 Å². The fourth-order valence-electron chi connectivity index (χ4n) is 0.737. The van der Waals surface area contributed by atoms with Crippen molar-refractivity contribution in [1.82, 2.24) is 0 Å². The molecule has 0 aliphatic rings. The molecule has 53 valence electrons. The van der Waals surface area contributed by atoms with Crippen LogP contribution in [-0.4, -0.2) is 0 Å². The van der Waals surface area contributed by atoms with E-state index in [-0.39, 0.29) is 11.9 Å². The van der Waals surface area contributed by atoms with E-state index in [1.54, 1.807) is 6.07 Å². The number of nitrogens with two attached hydrogens (primary N) is 1. The molecule has 0 heterocycles. The minimum Gasteiger partial charge on any atom is -0.324 e. The highest BCUT2D eigenvalue weighted by Gasteiger charge is 1.98. The zero-order valence-corrected chi connectivity index (χ0v) is 5.76. The highest BCUT2D eigenvalue weighted by atomic mass is 19.1. The molecule has 0 fully saturated rings. The Kier molecular flexibility index (Phi) is 2.02. The third kappa shape index (κ3) is 1.54. The van der Waals surface area contributed by atoms with Crippen molar-refractivity contribution in [3.05, 3.63) is 35.6 Å². The molecule has 1 aromatic carbocycles. The van der Waals surface area contributed by atoms with Gasteiger partial charge in [-0.1, -0.05) is 12.1 Å². The van der Waals surface area contributed by atoms with Gasteiger partial charge in [0, 0.05) is 12.1 Å². The molecule has 1 atom stereocenters. The maximum absolute atomic E-state index is 12.4. The van der Waals surface area contributed by atoms with E-state index >= 15 is 0 Å². The number of rotatable bonds is 1. The molecule has 0 aromatic heterocycles. The molecule has 0 unspecified atom stereocenters. The number of hydrogen-bond donors (Lipinski definition) is 1. The van der Waals surface area contributed by atoms with Crippen molar-refractivity contribution in [3.8, 4) is 0 Å². The molecule has 0 saturated heterocycles. The lowest BCUT2D eigenvalue weighted by molar-refractivity contribution is 0.620. The maximum atomic E-state index is 12.4. The molecular weight excluding hydrogens is 129 g/mol. The highest BCUT2D eigenvalue weighted by molar-refractivity contribution is 5.17. The van der Waals surface area contributed by atoms with E-state index in [1.165, 1.54) is 12.1 Å². The van der Waals surface area contributed by atoms with Crippen LogP contribution in [0.25, 0.3) is 0 Å². The second kappa shape index (κ2) is 2.80. The third-order valence-corrected chi connectivity index (χ3v) is 1.32. The Morgan fingerprint density at radius 3 is 2.80 bits per heavy atom. The molecule has 2 heteroatoms. The third-order valence-electron chi connectivity index (χ3n) is 1.32. The summed E-state index contributed by atoms with van der Waals surface area (Å²) in [6.07, 6.45) is 0. The molecule has 0 bridgehead atoms. The summed E-state index contributed by atoms with van der Waals surface area (Å²) in [4.78, 5) is 0. The van der Waals surface area contributed by atoms with Gasteiger partial charge in [-0.2, -0.15) is 0 Å². The Labute approximate surface area is 59.7 Å². The van der Waals surface area contributed by atoms with E-state index in [2.05, 4.69) is 6.07 Å². The lowest BCUT2D eigenvalue weighted by Crippen LogP contribution is -2.04. The van der Waals surface area contributed by atoms with E-state index < -0.39 is 0 Å². The molecular formula is C8H9FN. The molecule has 0 amide bonds. The van der Waals surface area contributed by atoms with Gasteiger partial charge in [0.2, 0.25) is 0 Å². The maximum Gasteiger partial charge on any atom is 0.131 e. The predicted octanol–water partition coefficient (Wildman–Crippen LogP) is 1.65. The van der Waals surface area contributed by atoms with Crippen molar-refractivity contribution in [2.45, 2.75) is 13.0 Å². The van der Waals surface area contributed by atoms with E-state index in [0.717, 1.165) is 5.56 Å². The monoisotopic (exact) mass is 138 g/mol. The average Bonchev–Trinajstić information content (AvgIpc) is 1.88. The predicted molar refractivity (Wildman–Crippen MR) is 37.8 cm³/mol. The van der Waals surface area contributed by atoms with Gasteiger partial charge in [0.05, 0.1) is 0 Å². The molecule has 1 nitrogen and oxygen atoms in total. The number of benzene rings is 1. The van der Waals surface area contributed by atoms with Crippen molar-refractivity contribution in [3.63, 3.8) is 0 Å². The van der Waals surface area contributed by atoms with Crippen LogP contribution in [0.4, 0.5) is 4.39 Å². The number of hydrogen-bond acceptors (Lipinski definition) is 1. The van der Waals surface area contributed by atoms with Crippen molar-refractivity contribution in [1.29, 1.82) is 0 Å². The molecule has 1 radical (unpaired) electrons. The van der Waals surface area contributed by atoms with Gasteiger partial charge in [-0.25, -0.2) is 4.39 Å². The molecule has 2 N–H and O–H groups in total. The minimum absolute atomic E-state index is 0.107. The molecule has 1 aromatic rings. The first-order valence-electron chi connectivity index (χ1n) is 3.13. The lowest BCUT2D eigenvalue weighted by Gasteiger charge is -2.03. The minimum atomic E-state index is -0.352. The van der Waals surface area contributed by atoms with E-state index in [1.807, 2.05) is 6.92 Å². The molecule has 10 heavy (non-hydrogen) atoms. The average molecular weight is 138 g/mol. The van der Waals surface area contributed by atoms with Gasteiger partial charge in [-0.15, -0.1) is 0 Å². The van der Waals surface area contributed by atoms with Crippen molar-refractivity contribution in [2.24, 2.45) is 5.73 Å². The summed E-state index contributed by atoms with van der Waals surface area (Å²) in [5.74, 6) is -0.352. The molecule has 1 rings (SSSR count). The van der Waals surface area contributed by atoms with Crippen LogP contribution in [0.5, 0.6) is 0 Å². The van der Waals surface area contributed by atoms with E-state index in [9.17, 15) is 4.39 Å². The summed E-state index contributed by atoms with van der Waals surface area (Å²) in [7, 11) is 0. The fourth-order valence-corrected chi connectivity index (χ4v) is 0.737. The standard InChI is InChI=1S/C8H9FN/c1-6(10)7-3-2-4-8(9)5-7/h2-3,5-6H,10H2,1H3/t6-/m0/s1. The van der Waals surface area contributed by atoms with Crippen LogP contribution in [0, 0.1) is 11.9 Å². The zero-order valence-electron chi connectivity index (χ0n) is 5.76. The molecule has 0 saturated carbocycles. The Morgan fingerprint density at radius 2 is 2.40 bits per heavy atom. The summed E-state index contributed by atoms with van der Waals surface area (Å²) in [6.45, 7) is 1.81. The van der Waals surface area contributed by atoms with Gasteiger partial charge in [-0.05, 0) is 18.6 Å². The smallest absolute Gasteiger partial charge is 0.131 e. The van der Waals surface area contributed by atoms with Crippen LogP contribution in [0.15, 0.2) is 18.2 Å². The van der Waals surface area contributed by atoms with Crippen LogP contribution in [-0.2, 0) is 0 Å². The van der Waals surface area contributed by atoms with E-state index in [0.29, 0.717) is 0 Å². The van der Waals surface area contributed by atoms with Gasteiger partial charge >= 0.3 is 0 Å². The SMILES string of the molecule is C[C@H](N)c1cc[c]c(F)c1. The largest absolute Gasteiger partial charge is 0.324 e. The lowest BCUT2D eigenvalue weighted by atomic mass is 10.1. The normalized spacial score (nSPS) is 13.1. The first-order chi connectivity index (χ1) is 4.70. The van der Waals surface area contributed by atoms with Gasteiger partial charge in [-0.3, -0.25) is 0 Å². The zero-order chi connectivity index (χ0) is 7.56. The van der Waals surface area contributed by atoms with E-state index in [4.69, 9.17) is 5.73 Å². The topological polar surface area (TPSA) is 26.0 Å². The van der Waals surface area contributed by atoms with Crippen molar-refractivity contribution in [2.75, 3.05) is 0 Å². The van der Waals surface area contributed by atoms with Crippen molar-refractivity contribution < 1.29 is 4.39 Å². The second-order valence-corrected chi connectivity index (χ2v) is 2.26. The Bertz CT molecular complexity index is 220. The van der Waals surface area contributed by atoms with Crippen LogP contribution in [0.1, 0.15) is 18.5 Å². The van der Waals surface area contributed by atoms with Crippen LogP contribution in [0.2, 0.25) is 0 Å². The first-order valence-corrected chi connectivity index (χ1v) is 3.13. The molecule has 0 aliphatic heterocycles. The summed E-state index contributed by atoms with van der Waals surface area (Å²) in [5.41, 5.74) is 6.30. The number of halogens is 1. The fraction of sp³-hybridized carbons (Fsp3) is 0.250. The Balaban J connectivity index is 2.96. The molecule has 0 aliphatic carbocycles. The molecule has 0 spiro atoms. The second-order valence-electron chi connectivity index (χ2n) is 2.26. The van der Waals surface area contributed by atoms with Crippen LogP contribution >= 0.6 is 0 Å². The summed E-state index contributed by atoms with van der Waals surface area (Å²) >= 11 is 0. The summed E-state index contributed by atoms with van der Waals surface area (Å²) in [5, 5.41) is 0. The quantitative estimate of drug-likeness (QED) is 0.627. The first kappa shape index (κ1) is 7.22. The van der Waals surface area contributed by atoms with Crippen LogP contribution in [0.3, 0.4) is 0 Å². The Hall–Kier alpha value is -0.890. The van der Waals surface area contributed by atoms with Crippen LogP contribution < -0.4 is 5.73 Å². The van der Waals surface area contributed by atoms with Crippen molar-refractivity contribution >= 4 is 0 Å². The Morgan fingerprint density at radius 1 is 1.70 bits per heavy atom. The summed E-state index contributed by atoms with van der Waals surface area (Å²) in [6, 6.07) is 6.98. The highest BCUT2D eigenvalue weighted by Crippen LogP contribution is 2.09. The van der Waals surface area contributed by atoms with Gasteiger partial charge in [0.25, 0.3) is 0 Å². The van der Waals surface area contributed by atoms with Gasteiger partial charge in [0.1, 0.15) is 5.82 Å².